The standard InChI is InChI=1S/C28H39N3O4S/c1-22-16-18-24(19-17-22)21-30(23(2)28(33)29-25-11-6-4-7-12-25)27(32)15-10-20-31(36(3,34)35)26-13-8-5-9-14-26/h5,8-9,13-14,16-19,23,25H,4,6-7,10-12,15,20-21H2,1-3H3,(H,29,33)/t23-/m1/s1. The van der Waals surface area contributed by atoms with E-state index in [-0.39, 0.29) is 30.8 Å². The number of sulfonamides is 1. The van der Waals surface area contributed by atoms with E-state index >= 15 is 0 Å². The quantitative estimate of drug-likeness (QED) is 0.482. The fourth-order valence-corrected chi connectivity index (χ4v) is 5.61. The molecule has 0 aliphatic heterocycles. The van der Waals surface area contributed by atoms with Gasteiger partial charge in [-0.05, 0) is 50.8 Å². The number of hydrogen-bond donors (Lipinski definition) is 1. The molecule has 1 aliphatic rings. The summed E-state index contributed by atoms with van der Waals surface area (Å²) in [5, 5.41) is 3.14. The lowest BCUT2D eigenvalue weighted by molar-refractivity contribution is -0.141. The van der Waals surface area contributed by atoms with Crippen molar-refractivity contribution < 1.29 is 18.0 Å². The van der Waals surface area contributed by atoms with E-state index in [0.717, 1.165) is 36.8 Å². The number of carbonyl (C=O) groups excluding carboxylic acids is 2. The zero-order valence-corrected chi connectivity index (χ0v) is 22.5. The number of para-hydroxylation sites is 1. The summed E-state index contributed by atoms with van der Waals surface area (Å²) in [4.78, 5) is 28.1. The first-order valence-corrected chi connectivity index (χ1v) is 14.7. The van der Waals surface area contributed by atoms with Gasteiger partial charge >= 0.3 is 0 Å². The van der Waals surface area contributed by atoms with Crippen molar-refractivity contribution in [3.8, 4) is 0 Å². The average molecular weight is 514 g/mol. The van der Waals surface area contributed by atoms with E-state index in [1.54, 1.807) is 36.1 Å². The van der Waals surface area contributed by atoms with Gasteiger partial charge in [0.15, 0.2) is 0 Å². The van der Waals surface area contributed by atoms with Gasteiger partial charge in [0, 0.05) is 25.6 Å². The molecule has 8 heteroatoms. The predicted octanol–water partition coefficient (Wildman–Crippen LogP) is 4.41. The number of hydrogen-bond acceptors (Lipinski definition) is 4. The Hall–Kier alpha value is -2.87. The van der Waals surface area contributed by atoms with E-state index in [2.05, 4.69) is 5.32 Å². The molecule has 1 N–H and O–H groups in total. The molecule has 2 aromatic carbocycles. The van der Waals surface area contributed by atoms with Gasteiger partial charge in [-0.3, -0.25) is 13.9 Å². The number of nitrogens with one attached hydrogen (secondary N) is 1. The van der Waals surface area contributed by atoms with E-state index in [0.29, 0.717) is 18.7 Å². The first-order chi connectivity index (χ1) is 17.1. The molecule has 1 saturated carbocycles. The Labute approximate surface area is 215 Å². The number of carbonyl (C=O) groups is 2. The minimum Gasteiger partial charge on any atom is -0.352 e. The van der Waals surface area contributed by atoms with Crippen molar-refractivity contribution in [2.75, 3.05) is 17.1 Å². The molecule has 1 atom stereocenters. The molecule has 0 bridgehead atoms. The first kappa shape index (κ1) is 27.7. The van der Waals surface area contributed by atoms with Crippen LogP contribution in [0.2, 0.25) is 0 Å². The molecule has 1 fully saturated rings. The van der Waals surface area contributed by atoms with E-state index < -0.39 is 16.1 Å². The second kappa shape index (κ2) is 12.9. The summed E-state index contributed by atoms with van der Waals surface area (Å²) in [7, 11) is -3.49. The van der Waals surface area contributed by atoms with Crippen LogP contribution in [0.1, 0.15) is 63.0 Å². The second-order valence-corrected chi connectivity index (χ2v) is 11.7. The van der Waals surface area contributed by atoms with Gasteiger partial charge < -0.3 is 10.2 Å². The Kier molecular flexibility index (Phi) is 9.93. The van der Waals surface area contributed by atoms with Crippen molar-refractivity contribution in [3.05, 3.63) is 65.7 Å². The molecule has 0 aromatic heterocycles. The molecule has 196 valence electrons. The molecule has 0 unspecified atom stereocenters. The average Bonchev–Trinajstić information content (AvgIpc) is 2.86. The number of rotatable bonds is 11. The van der Waals surface area contributed by atoms with Crippen LogP contribution in [0.3, 0.4) is 0 Å². The highest BCUT2D eigenvalue weighted by molar-refractivity contribution is 7.92. The fourth-order valence-electron chi connectivity index (χ4n) is 4.64. The normalized spacial score (nSPS) is 15.2. The Morgan fingerprint density at radius 1 is 1.00 bits per heavy atom. The third-order valence-corrected chi connectivity index (χ3v) is 7.98. The van der Waals surface area contributed by atoms with Crippen LogP contribution in [0.5, 0.6) is 0 Å². The van der Waals surface area contributed by atoms with Gasteiger partial charge in [0.25, 0.3) is 0 Å². The molecule has 36 heavy (non-hydrogen) atoms. The summed E-state index contributed by atoms with van der Waals surface area (Å²) in [6, 6.07) is 16.4. The summed E-state index contributed by atoms with van der Waals surface area (Å²) >= 11 is 0. The Balaban J connectivity index is 1.69. The van der Waals surface area contributed by atoms with E-state index in [1.807, 2.05) is 37.3 Å². The minimum atomic E-state index is -3.49. The van der Waals surface area contributed by atoms with Crippen LogP contribution in [0.15, 0.2) is 54.6 Å². The Morgan fingerprint density at radius 2 is 1.64 bits per heavy atom. The van der Waals surface area contributed by atoms with Gasteiger partial charge in [-0.25, -0.2) is 8.42 Å². The lowest BCUT2D eigenvalue weighted by Gasteiger charge is -2.31. The Bertz CT molecular complexity index is 1100. The summed E-state index contributed by atoms with van der Waals surface area (Å²) in [6.45, 7) is 4.30. The SMILES string of the molecule is Cc1ccc(CN(C(=O)CCCN(c2ccccc2)S(C)(=O)=O)[C@H](C)C(=O)NC2CCCCC2)cc1. The van der Waals surface area contributed by atoms with Crippen molar-refractivity contribution >= 4 is 27.5 Å². The van der Waals surface area contributed by atoms with Crippen molar-refractivity contribution in [3.63, 3.8) is 0 Å². The Morgan fingerprint density at radius 3 is 2.25 bits per heavy atom. The number of amides is 2. The maximum Gasteiger partial charge on any atom is 0.242 e. The zero-order chi connectivity index (χ0) is 26.1. The summed E-state index contributed by atoms with van der Waals surface area (Å²) < 4.78 is 26.1. The number of anilines is 1. The van der Waals surface area contributed by atoms with Gasteiger partial charge in [-0.2, -0.15) is 0 Å². The van der Waals surface area contributed by atoms with Crippen molar-refractivity contribution in [2.45, 2.75) is 77.4 Å². The minimum absolute atomic E-state index is 0.135. The molecule has 0 radical (unpaired) electrons. The summed E-state index contributed by atoms with van der Waals surface area (Å²) in [5.74, 6) is -0.298. The first-order valence-electron chi connectivity index (χ1n) is 12.8. The van der Waals surface area contributed by atoms with Crippen LogP contribution < -0.4 is 9.62 Å². The van der Waals surface area contributed by atoms with Crippen LogP contribution in [0.25, 0.3) is 0 Å². The largest absolute Gasteiger partial charge is 0.352 e. The lowest BCUT2D eigenvalue weighted by Crippen LogP contribution is -2.50. The van der Waals surface area contributed by atoms with Crippen LogP contribution >= 0.6 is 0 Å². The molecule has 0 heterocycles. The second-order valence-electron chi connectivity index (χ2n) is 9.80. The third-order valence-electron chi connectivity index (χ3n) is 6.79. The third kappa shape index (κ3) is 8.08. The van der Waals surface area contributed by atoms with E-state index in [1.165, 1.54) is 17.0 Å². The fraction of sp³-hybridized carbons (Fsp3) is 0.500. The highest BCUT2D eigenvalue weighted by Crippen LogP contribution is 2.20. The summed E-state index contributed by atoms with van der Waals surface area (Å²) in [6.07, 6.45) is 7.05. The van der Waals surface area contributed by atoms with Crippen LogP contribution in [-0.4, -0.2) is 50.0 Å². The molecule has 3 rings (SSSR count). The topological polar surface area (TPSA) is 86.8 Å². The van der Waals surface area contributed by atoms with Gasteiger partial charge in [0.2, 0.25) is 21.8 Å². The van der Waals surface area contributed by atoms with Gasteiger partial charge in [-0.1, -0.05) is 67.3 Å². The number of benzene rings is 2. The van der Waals surface area contributed by atoms with Crippen molar-refractivity contribution in [2.24, 2.45) is 0 Å². The number of nitrogens with zero attached hydrogens (tertiary/aromatic N) is 2. The monoisotopic (exact) mass is 513 g/mol. The van der Waals surface area contributed by atoms with Gasteiger partial charge in [-0.15, -0.1) is 0 Å². The highest BCUT2D eigenvalue weighted by atomic mass is 32.2. The highest BCUT2D eigenvalue weighted by Gasteiger charge is 2.28. The summed E-state index contributed by atoms with van der Waals surface area (Å²) in [5.41, 5.74) is 2.65. The van der Waals surface area contributed by atoms with Crippen LogP contribution in [0, 0.1) is 6.92 Å². The van der Waals surface area contributed by atoms with Crippen LogP contribution in [-0.2, 0) is 26.2 Å². The lowest BCUT2D eigenvalue weighted by atomic mass is 9.95. The van der Waals surface area contributed by atoms with E-state index in [4.69, 9.17) is 0 Å². The predicted molar refractivity (Wildman–Crippen MR) is 144 cm³/mol. The molecule has 7 nitrogen and oxygen atoms in total. The maximum atomic E-state index is 13.4. The maximum absolute atomic E-state index is 13.4. The van der Waals surface area contributed by atoms with E-state index in [9.17, 15) is 18.0 Å². The van der Waals surface area contributed by atoms with Crippen molar-refractivity contribution in [1.82, 2.24) is 10.2 Å². The molecule has 0 spiro atoms. The van der Waals surface area contributed by atoms with Gasteiger partial charge in [0.05, 0.1) is 11.9 Å². The molecule has 1 aliphatic carbocycles. The molecule has 2 aromatic rings. The number of aryl methyl sites for hydroxylation is 1. The molecule has 2 amide bonds. The van der Waals surface area contributed by atoms with Gasteiger partial charge in [0.1, 0.15) is 6.04 Å². The smallest absolute Gasteiger partial charge is 0.242 e. The van der Waals surface area contributed by atoms with Crippen molar-refractivity contribution in [1.29, 1.82) is 0 Å². The molecular weight excluding hydrogens is 474 g/mol. The molecular formula is C28H39N3O4S. The zero-order valence-electron chi connectivity index (χ0n) is 21.7. The molecule has 0 saturated heterocycles. The van der Waals surface area contributed by atoms with Crippen LogP contribution in [0.4, 0.5) is 5.69 Å².